The van der Waals surface area contributed by atoms with Gasteiger partial charge in [-0.15, -0.1) is 0 Å². The number of hydrogen-bond donors (Lipinski definition) is 1. The van der Waals surface area contributed by atoms with E-state index in [2.05, 4.69) is 5.32 Å². The molecule has 1 fully saturated rings. The summed E-state index contributed by atoms with van der Waals surface area (Å²) in [5.41, 5.74) is -0.221. The molecule has 0 aliphatic carbocycles. The SMILES string of the molecule is COCCN1C(=O)C(CC#N)NCC1(C)C. The Bertz CT molecular complexity index is 296. The average Bonchev–Trinajstić information content (AvgIpc) is 2.22. The normalized spacial score (nSPS) is 24.2. The molecule has 1 aliphatic rings. The number of nitriles is 1. The van der Waals surface area contributed by atoms with E-state index in [0.717, 1.165) is 0 Å². The molecule has 90 valence electrons. The number of carbonyl (C=O) groups excluding carboxylic acids is 1. The maximum Gasteiger partial charge on any atom is 0.241 e. The zero-order chi connectivity index (χ0) is 12.2. The Morgan fingerprint density at radius 3 is 2.94 bits per heavy atom. The summed E-state index contributed by atoms with van der Waals surface area (Å²) in [5.74, 6) is -0.00477. The van der Waals surface area contributed by atoms with Crippen molar-refractivity contribution in [3.05, 3.63) is 0 Å². The Morgan fingerprint density at radius 2 is 2.38 bits per heavy atom. The second-order valence-corrected chi connectivity index (χ2v) is 4.59. The van der Waals surface area contributed by atoms with Gasteiger partial charge in [-0.05, 0) is 13.8 Å². The number of nitrogens with one attached hydrogen (secondary N) is 1. The van der Waals surface area contributed by atoms with Crippen LogP contribution < -0.4 is 5.32 Å². The van der Waals surface area contributed by atoms with Gasteiger partial charge in [0.2, 0.25) is 5.91 Å². The van der Waals surface area contributed by atoms with Crippen molar-refractivity contribution in [1.82, 2.24) is 10.2 Å². The van der Waals surface area contributed by atoms with E-state index < -0.39 is 0 Å². The predicted octanol–water partition coefficient (Wildman–Crippen LogP) is 0.125. The summed E-state index contributed by atoms with van der Waals surface area (Å²) in [7, 11) is 1.62. The van der Waals surface area contributed by atoms with Gasteiger partial charge in [-0.1, -0.05) is 0 Å². The van der Waals surface area contributed by atoms with Gasteiger partial charge < -0.3 is 15.0 Å². The molecule has 1 rings (SSSR count). The van der Waals surface area contributed by atoms with E-state index in [1.54, 1.807) is 12.0 Å². The van der Waals surface area contributed by atoms with Crippen LogP contribution in [0.4, 0.5) is 0 Å². The monoisotopic (exact) mass is 225 g/mol. The third-order valence-corrected chi connectivity index (χ3v) is 2.89. The van der Waals surface area contributed by atoms with Crippen LogP contribution in [0.2, 0.25) is 0 Å². The highest BCUT2D eigenvalue weighted by Crippen LogP contribution is 2.20. The van der Waals surface area contributed by atoms with Gasteiger partial charge in [0.1, 0.15) is 6.04 Å². The summed E-state index contributed by atoms with van der Waals surface area (Å²) in [4.78, 5) is 13.9. The summed E-state index contributed by atoms with van der Waals surface area (Å²) < 4.78 is 5.00. The summed E-state index contributed by atoms with van der Waals surface area (Å²) in [5, 5.41) is 11.8. The van der Waals surface area contributed by atoms with Crippen LogP contribution in [0, 0.1) is 11.3 Å². The van der Waals surface area contributed by atoms with Gasteiger partial charge in [-0.3, -0.25) is 4.79 Å². The van der Waals surface area contributed by atoms with E-state index in [4.69, 9.17) is 10.00 Å². The van der Waals surface area contributed by atoms with Crippen molar-refractivity contribution in [2.45, 2.75) is 31.8 Å². The van der Waals surface area contributed by atoms with E-state index in [-0.39, 0.29) is 23.9 Å². The van der Waals surface area contributed by atoms with Gasteiger partial charge in [0, 0.05) is 25.7 Å². The summed E-state index contributed by atoms with van der Waals surface area (Å²) >= 11 is 0. The van der Waals surface area contributed by atoms with Crippen molar-refractivity contribution in [3.63, 3.8) is 0 Å². The maximum absolute atomic E-state index is 12.1. The first-order valence-corrected chi connectivity index (χ1v) is 5.43. The second kappa shape index (κ2) is 5.28. The number of piperazine rings is 1. The molecule has 1 aliphatic heterocycles. The highest BCUT2D eigenvalue weighted by atomic mass is 16.5. The van der Waals surface area contributed by atoms with Gasteiger partial charge >= 0.3 is 0 Å². The van der Waals surface area contributed by atoms with E-state index in [1.807, 2.05) is 19.9 Å². The number of rotatable bonds is 4. The minimum Gasteiger partial charge on any atom is -0.383 e. The molecule has 1 saturated heterocycles. The molecule has 0 aromatic carbocycles. The van der Waals surface area contributed by atoms with Crippen LogP contribution >= 0.6 is 0 Å². The highest BCUT2D eigenvalue weighted by molar-refractivity contribution is 5.83. The summed E-state index contributed by atoms with van der Waals surface area (Å²) in [6.45, 7) is 5.82. The van der Waals surface area contributed by atoms with Crippen LogP contribution in [0.1, 0.15) is 20.3 Å². The molecule has 0 spiro atoms. The quantitative estimate of drug-likeness (QED) is 0.738. The van der Waals surface area contributed by atoms with Crippen molar-refractivity contribution >= 4 is 5.91 Å². The number of ether oxygens (including phenoxy) is 1. The lowest BCUT2D eigenvalue weighted by molar-refractivity contribution is -0.143. The Kier molecular flexibility index (Phi) is 4.27. The van der Waals surface area contributed by atoms with Crippen molar-refractivity contribution in [1.29, 1.82) is 5.26 Å². The largest absolute Gasteiger partial charge is 0.383 e. The first-order chi connectivity index (χ1) is 7.53. The lowest BCUT2D eigenvalue weighted by atomic mass is 9.96. The summed E-state index contributed by atoms with van der Waals surface area (Å²) in [6.07, 6.45) is 0.221. The fraction of sp³-hybridized carbons (Fsp3) is 0.818. The molecule has 16 heavy (non-hydrogen) atoms. The molecule has 0 aromatic rings. The Hall–Kier alpha value is -1.12. The molecule has 1 unspecified atom stereocenters. The number of methoxy groups -OCH3 is 1. The minimum atomic E-state index is -0.366. The first kappa shape index (κ1) is 12.9. The van der Waals surface area contributed by atoms with E-state index >= 15 is 0 Å². The van der Waals surface area contributed by atoms with Crippen molar-refractivity contribution < 1.29 is 9.53 Å². The Balaban J connectivity index is 2.73. The number of amides is 1. The zero-order valence-corrected chi connectivity index (χ0v) is 10.1. The van der Waals surface area contributed by atoms with Crippen molar-refractivity contribution in [2.24, 2.45) is 0 Å². The van der Waals surface area contributed by atoms with Crippen LogP contribution in [0.3, 0.4) is 0 Å². The average molecular weight is 225 g/mol. The van der Waals surface area contributed by atoms with Gasteiger partial charge in [0.15, 0.2) is 0 Å². The van der Waals surface area contributed by atoms with Gasteiger partial charge in [0.25, 0.3) is 0 Å². The van der Waals surface area contributed by atoms with Crippen molar-refractivity contribution in [3.8, 4) is 6.07 Å². The number of nitrogens with zero attached hydrogens (tertiary/aromatic N) is 2. The fourth-order valence-corrected chi connectivity index (χ4v) is 1.89. The van der Waals surface area contributed by atoms with Crippen LogP contribution in [-0.4, -0.2) is 49.2 Å². The van der Waals surface area contributed by atoms with Gasteiger partial charge in [0.05, 0.1) is 19.1 Å². The predicted molar refractivity (Wildman–Crippen MR) is 59.7 cm³/mol. The molecular formula is C11H19N3O2. The highest BCUT2D eigenvalue weighted by Gasteiger charge is 2.39. The Labute approximate surface area is 96.4 Å². The second-order valence-electron chi connectivity index (χ2n) is 4.59. The van der Waals surface area contributed by atoms with Crippen LogP contribution in [0.25, 0.3) is 0 Å². The Morgan fingerprint density at radius 1 is 1.69 bits per heavy atom. The number of hydrogen-bond acceptors (Lipinski definition) is 4. The molecular weight excluding hydrogens is 206 g/mol. The smallest absolute Gasteiger partial charge is 0.241 e. The third kappa shape index (κ3) is 2.71. The van der Waals surface area contributed by atoms with Crippen LogP contribution in [0.15, 0.2) is 0 Å². The van der Waals surface area contributed by atoms with Crippen molar-refractivity contribution in [2.75, 3.05) is 26.8 Å². The molecule has 1 amide bonds. The zero-order valence-electron chi connectivity index (χ0n) is 10.1. The molecule has 0 aromatic heterocycles. The van der Waals surface area contributed by atoms with Gasteiger partial charge in [-0.2, -0.15) is 5.26 Å². The standard InChI is InChI=1S/C11H19N3O2/c1-11(2)8-13-9(4-5-12)10(15)14(11)6-7-16-3/h9,13H,4,6-8H2,1-3H3. The van der Waals surface area contributed by atoms with E-state index in [9.17, 15) is 4.79 Å². The van der Waals surface area contributed by atoms with Crippen LogP contribution in [0.5, 0.6) is 0 Å². The lowest BCUT2D eigenvalue weighted by Crippen LogP contribution is -2.65. The van der Waals surface area contributed by atoms with Crippen LogP contribution in [-0.2, 0) is 9.53 Å². The topological polar surface area (TPSA) is 65.4 Å². The van der Waals surface area contributed by atoms with E-state index in [0.29, 0.717) is 19.7 Å². The molecule has 1 N–H and O–H groups in total. The molecule has 5 nitrogen and oxygen atoms in total. The maximum atomic E-state index is 12.1. The molecule has 0 saturated carbocycles. The summed E-state index contributed by atoms with van der Waals surface area (Å²) in [6, 6.07) is 1.66. The lowest BCUT2D eigenvalue weighted by Gasteiger charge is -2.45. The molecule has 5 heteroatoms. The first-order valence-electron chi connectivity index (χ1n) is 5.43. The molecule has 1 heterocycles. The molecule has 0 radical (unpaired) electrons. The number of carbonyl (C=O) groups is 1. The third-order valence-electron chi connectivity index (χ3n) is 2.89. The molecule has 0 bridgehead atoms. The van der Waals surface area contributed by atoms with E-state index in [1.165, 1.54) is 0 Å². The molecule has 1 atom stereocenters. The minimum absolute atomic E-state index is 0.00477. The fourth-order valence-electron chi connectivity index (χ4n) is 1.89. The van der Waals surface area contributed by atoms with Gasteiger partial charge in [-0.25, -0.2) is 0 Å².